The van der Waals surface area contributed by atoms with E-state index in [4.69, 9.17) is 15.3 Å². The minimum absolute atomic E-state index is 0.549. The highest BCUT2D eigenvalue weighted by Gasteiger charge is 1.95. The van der Waals surface area contributed by atoms with Crippen molar-refractivity contribution in [2.24, 2.45) is 5.84 Å². The van der Waals surface area contributed by atoms with Crippen molar-refractivity contribution < 1.29 is 9.47 Å². The molecule has 3 N–H and O–H groups in total. The summed E-state index contributed by atoms with van der Waals surface area (Å²) in [5.41, 5.74) is 3.50. The first-order chi connectivity index (χ1) is 7.86. The van der Waals surface area contributed by atoms with E-state index in [1.807, 2.05) is 12.1 Å². The van der Waals surface area contributed by atoms with Crippen LogP contribution in [0.4, 0.5) is 5.82 Å². The average molecular weight is 225 g/mol. The third kappa shape index (κ3) is 5.06. The molecule has 0 aliphatic heterocycles. The highest BCUT2D eigenvalue weighted by molar-refractivity contribution is 5.33. The molecule has 1 aromatic heterocycles. The molecular formula is C11H19N3O2. The Labute approximate surface area is 95.9 Å². The van der Waals surface area contributed by atoms with E-state index in [1.54, 1.807) is 6.20 Å². The monoisotopic (exact) mass is 225 g/mol. The van der Waals surface area contributed by atoms with Gasteiger partial charge in [-0.25, -0.2) is 10.8 Å². The summed E-state index contributed by atoms with van der Waals surface area (Å²) in [6, 6.07) is 3.74. The van der Waals surface area contributed by atoms with Crippen molar-refractivity contribution in [1.82, 2.24) is 4.98 Å². The summed E-state index contributed by atoms with van der Waals surface area (Å²) in [5, 5.41) is 0. The third-order valence-corrected chi connectivity index (χ3v) is 1.96. The number of nitrogens with two attached hydrogens (primary N) is 1. The van der Waals surface area contributed by atoms with Crippen molar-refractivity contribution in [3.63, 3.8) is 0 Å². The lowest BCUT2D eigenvalue weighted by molar-refractivity contribution is 0.0407. The Morgan fingerprint density at radius 2 is 2.06 bits per heavy atom. The van der Waals surface area contributed by atoms with Gasteiger partial charge in [-0.3, -0.25) is 0 Å². The van der Waals surface area contributed by atoms with Crippen LogP contribution >= 0.6 is 0 Å². The molecule has 90 valence electrons. The number of nitrogen functional groups attached to an aromatic ring is 1. The molecule has 0 unspecified atom stereocenters. The standard InChI is InChI=1S/C11H19N3O2/c1-2-5-15-6-7-16-9-10-3-4-11(14-12)13-8-10/h3-4,8H,2,5-7,9,12H2,1H3,(H,13,14). The summed E-state index contributed by atoms with van der Waals surface area (Å²) >= 11 is 0. The SMILES string of the molecule is CCCOCCOCc1ccc(NN)nc1. The number of nitrogens with zero attached hydrogens (tertiary/aromatic N) is 1. The smallest absolute Gasteiger partial charge is 0.139 e. The van der Waals surface area contributed by atoms with Gasteiger partial charge in [-0.15, -0.1) is 0 Å². The number of ether oxygens (including phenoxy) is 2. The highest BCUT2D eigenvalue weighted by Crippen LogP contribution is 2.04. The lowest BCUT2D eigenvalue weighted by Crippen LogP contribution is -2.08. The zero-order chi connectivity index (χ0) is 11.6. The summed E-state index contributed by atoms with van der Waals surface area (Å²) in [7, 11) is 0. The van der Waals surface area contributed by atoms with Crippen LogP contribution in [0.2, 0.25) is 0 Å². The molecule has 1 heterocycles. The Hall–Kier alpha value is -1.17. The van der Waals surface area contributed by atoms with Crippen LogP contribution in [-0.2, 0) is 16.1 Å². The molecule has 0 atom stereocenters. The first-order valence-corrected chi connectivity index (χ1v) is 5.44. The van der Waals surface area contributed by atoms with Gasteiger partial charge in [0.05, 0.1) is 19.8 Å². The minimum atomic E-state index is 0.549. The topological polar surface area (TPSA) is 69.4 Å². The Bertz CT molecular complexity index is 277. The van der Waals surface area contributed by atoms with Crippen LogP contribution in [0.25, 0.3) is 0 Å². The molecule has 0 aliphatic rings. The number of hydrogen-bond acceptors (Lipinski definition) is 5. The predicted molar refractivity (Wildman–Crippen MR) is 62.8 cm³/mol. The van der Waals surface area contributed by atoms with E-state index in [2.05, 4.69) is 17.3 Å². The van der Waals surface area contributed by atoms with Crippen LogP contribution in [0.1, 0.15) is 18.9 Å². The largest absolute Gasteiger partial charge is 0.379 e. The molecule has 0 saturated heterocycles. The molecule has 0 aliphatic carbocycles. The van der Waals surface area contributed by atoms with Gasteiger partial charge >= 0.3 is 0 Å². The van der Waals surface area contributed by atoms with Crippen LogP contribution in [0.15, 0.2) is 18.3 Å². The lowest BCUT2D eigenvalue weighted by Gasteiger charge is -2.05. The second kappa shape index (κ2) is 8.04. The van der Waals surface area contributed by atoms with E-state index in [1.165, 1.54) is 0 Å². The van der Waals surface area contributed by atoms with E-state index in [9.17, 15) is 0 Å². The van der Waals surface area contributed by atoms with Crippen LogP contribution < -0.4 is 11.3 Å². The number of hydrazine groups is 1. The van der Waals surface area contributed by atoms with E-state index < -0.39 is 0 Å². The molecule has 5 nitrogen and oxygen atoms in total. The fourth-order valence-electron chi connectivity index (χ4n) is 1.15. The van der Waals surface area contributed by atoms with Crippen molar-refractivity contribution in [2.75, 3.05) is 25.2 Å². The fourth-order valence-corrected chi connectivity index (χ4v) is 1.15. The Morgan fingerprint density at radius 1 is 1.25 bits per heavy atom. The van der Waals surface area contributed by atoms with Crippen molar-refractivity contribution in [1.29, 1.82) is 0 Å². The van der Waals surface area contributed by atoms with E-state index in [0.717, 1.165) is 18.6 Å². The van der Waals surface area contributed by atoms with E-state index in [0.29, 0.717) is 25.6 Å². The number of anilines is 1. The van der Waals surface area contributed by atoms with Crippen molar-refractivity contribution in [2.45, 2.75) is 20.0 Å². The van der Waals surface area contributed by atoms with Gasteiger partial charge in [-0.2, -0.15) is 0 Å². The number of rotatable bonds is 8. The van der Waals surface area contributed by atoms with Crippen molar-refractivity contribution >= 4 is 5.82 Å². The van der Waals surface area contributed by atoms with Gasteiger partial charge in [0, 0.05) is 12.8 Å². The van der Waals surface area contributed by atoms with Crippen LogP contribution in [-0.4, -0.2) is 24.8 Å². The van der Waals surface area contributed by atoms with E-state index in [-0.39, 0.29) is 0 Å². The first-order valence-electron chi connectivity index (χ1n) is 5.44. The maximum Gasteiger partial charge on any atom is 0.139 e. The molecule has 0 bridgehead atoms. The Morgan fingerprint density at radius 3 is 2.69 bits per heavy atom. The molecule has 16 heavy (non-hydrogen) atoms. The van der Waals surface area contributed by atoms with Crippen molar-refractivity contribution in [3.05, 3.63) is 23.9 Å². The second-order valence-electron chi connectivity index (χ2n) is 3.36. The van der Waals surface area contributed by atoms with E-state index >= 15 is 0 Å². The summed E-state index contributed by atoms with van der Waals surface area (Å²) in [6.07, 6.45) is 2.78. The lowest BCUT2D eigenvalue weighted by atomic mass is 10.3. The van der Waals surface area contributed by atoms with Crippen molar-refractivity contribution in [3.8, 4) is 0 Å². The number of aromatic nitrogens is 1. The molecule has 0 fully saturated rings. The number of nitrogens with one attached hydrogen (secondary N) is 1. The maximum atomic E-state index is 5.42. The predicted octanol–water partition coefficient (Wildman–Crippen LogP) is 1.31. The maximum absolute atomic E-state index is 5.42. The van der Waals surface area contributed by atoms with Gasteiger partial charge in [0.2, 0.25) is 0 Å². The van der Waals surface area contributed by atoms with Gasteiger partial charge in [0.15, 0.2) is 0 Å². The minimum Gasteiger partial charge on any atom is -0.379 e. The van der Waals surface area contributed by atoms with Gasteiger partial charge in [0.25, 0.3) is 0 Å². The summed E-state index contributed by atoms with van der Waals surface area (Å²) < 4.78 is 10.7. The summed E-state index contributed by atoms with van der Waals surface area (Å²) in [5.74, 6) is 5.86. The second-order valence-corrected chi connectivity index (χ2v) is 3.36. The fraction of sp³-hybridized carbons (Fsp3) is 0.545. The van der Waals surface area contributed by atoms with Gasteiger partial charge < -0.3 is 14.9 Å². The third-order valence-electron chi connectivity index (χ3n) is 1.96. The highest BCUT2D eigenvalue weighted by atomic mass is 16.5. The Kier molecular flexibility index (Phi) is 6.48. The molecular weight excluding hydrogens is 206 g/mol. The van der Waals surface area contributed by atoms with Crippen LogP contribution in [0, 0.1) is 0 Å². The van der Waals surface area contributed by atoms with Crippen LogP contribution in [0.5, 0.6) is 0 Å². The van der Waals surface area contributed by atoms with Crippen LogP contribution in [0.3, 0.4) is 0 Å². The molecule has 0 spiro atoms. The summed E-state index contributed by atoms with van der Waals surface area (Å²) in [6.45, 7) is 4.68. The molecule has 0 amide bonds. The first kappa shape index (κ1) is 12.9. The summed E-state index contributed by atoms with van der Waals surface area (Å²) in [4.78, 5) is 4.08. The van der Waals surface area contributed by atoms with Gasteiger partial charge in [-0.05, 0) is 18.1 Å². The molecule has 0 aromatic carbocycles. The number of pyridine rings is 1. The quantitative estimate of drug-likeness (QED) is 0.396. The molecule has 0 saturated carbocycles. The van der Waals surface area contributed by atoms with Gasteiger partial charge in [0.1, 0.15) is 5.82 Å². The Balaban J connectivity index is 2.12. The molecule has 0 radical (unpaired) electrons. The number of hydrogen-bond donors (Lipinski definition) is 2. The zero-order valence-corrected chi connectivity index (χ0v) is 9.61. The zero-order valence-electron chi connectivity index (χ0n) is 9.61. The molecule has 1 aromatic rings. The molecule has 5 heteroatoms. The van der Waals surface area contributed by atoms with Gasteiger partial charge in [-0.1, -0.05) is 13.0 Å². The average Bonchev–Trinajstić information content (AvgIpc) is 2.34. The molecule has 1 rings (SSSR count). The normalized spacial score (nSPS) is 10.4.